The van der Waals surface area contributed by atoms with Gasteiger partial charge in [0.25, 0.3) is 0 Å². The number of nitrogens with zero attached hydrogens (tertiary/aromatic N) is 5. The summed E-state index contributed by atoms with van der Waals surface area (Å²) in [6.07, 6.45) is -0.771. The van der Waals surface area contributed by atoms with Gasteiger partial charge in [0.05, 0.1) is 28.0 Å². The molecule has 0 radical (unpaired) electrons. The number of hydrogen-bond acceptors (Lipinski definition) is 3. The molecule has 0 atom stereocenters. The molecule has 6 nitrogen and oxygen atoms in total. The van der Waals surface area contributed by atoms with Crippen LogP contribution in [0.5, 0.6) is 0 Å². The maximum absolute atomic E-state index is 12.9. The Labute approximate surface area is 194 Å². The molecule has 178 valence electrons. The lowest BCUT2D eigenvalue weighted by Crippen LogP contribution is -2.37. The molecule has 5 rings (SSSR count). The van der Waals surface area contributed by atoms with Gasteiger partial charge in [-0.15, -0.1) is 0 Å². The molecule has 3 heterocycles. The average molecular weight is 470 g/mol. The molecule has 0 saturated carbocycles. The number of benzene rings is 2. The fourth-order valence-electron chi connectivity index (χ4n) is 4.81. The fraction of sp³-hybridized carbons (Fsp3) is 0.360. The van der Waals surface area contributed by atoms with Crippen molar-refractivity contribution in [3.63, 3.8) is 0 Å². The largest absolute Gasteiger partial charge is 0.416 e. The van der Waals surface area contributed by atoms with Crippen LogP contribution < -0.4 is 5.69 Å². The Morgan fingerprint density at radius 3 is 2.29 bits per heavy atom. The molecule has 2 aromatic carbocycles. The zero-order valence-electron chi connectivity index (χ0n) is 19.1. The van der Waals surface area contributed by atoms with E-state index in [4.69, 9.17) is 0 Å². The van der Waals surface area contributed by atoms with Crippen LogP contribution in [0.2, 0.25) is 0 Å². The summed E-state index contributed by atoms with van der Waals surface area (Å²) in [7, 11) is 1.81. The van der Waals surface area contributed by atoms with Crippen LogP contribution >= 0.6 is 0 Å². The molecular formula is C25H26F3N5O. The van der Waals surface area contributed by atoms with Crippen molar-refractivity contribution in [1.29, 1.82) is 0 Å². The molecule has 0 spiro atoms. The highest BCUT2D eigenvalue weighted by Crippen LogP contribution is 2.30. The molecule has 34 heavy (non-hydrogen) atoms. The summed E-state index contributed by atoms with van der Waals surface area (Å²) in [6, 6.07) is 13.1. The number of aryl methyl sites for hydroxylation is 2. The third-order valence-corrected chi connectivity index (χ3v) is 6.75. The van der Waals surface area contributed by atoms with Gasteiger partial charge in [-0.2, -0.15) is 18.3 Å². The number of imidazole rings is 1. The Bertz CT molecular complexity index is 1370. The van der Waals surface area contributed by atoms with Crippen molar-refractivity contribution in [2.75, 3.05) is 13.1 Å². The van der Waals surface area contributed by atoms with Crippen molar-refractivity contribution in [2.24, 2.45) is 7.05 Å². The lowest BCUT2D eigenvalue weighted by atomic mass is 10.0. The van der Waals surface area contributed by atoms with Gasteiger partial charge in [0.2, 0.25) is 0 Å². The molecule has 0 N–H and O–H groups in total. The quantitative estimate of drug-likeness (QED) is 0.436. The first kappa shape index (κ1) is 22.5. The molecule has 0 aliphatic carbocycles. The topological polar surface area (TPSA) is 48.0 Å². The minimum absolute atomic E-state index is 0.0192. The standard InChI is InChI=1S/C25H26F3N5O/c1-17-15-32(19-9-7-18(8-10-19)25(26,27)28)29-21(17)16-31-13-11-20(12-14-31)33-23-6-4-3-5-22(23)30(2)24(33)34/h3-10,15,20H,11-14,16H2,1-2H3. The molecule has 1 aliphatic rings. The van der Waals surface area contributed by atoms with Crippen LogP contribution in [-0.4, -0.2) is 36.9 Å². The molecule has 2 aromatic heterocycles. The van der Waals surface area contributed by atoms with Crippen LogP contribution in [-0.2, 0) is 19.8 Å². The molecule has 1 aliphatic heterocycles. The Balaban J connectivity index is 1.28. The van der Waals surface area contributed by atoms with Crippen LogP contribution in [0, 0.1) is 6.92 Å². The maximum atomic E-state index is 12.9. The monoisotopic (exact) mass is 469 g/mol. The molecular weight excluding hydrogens is 443 g/mol. The van der Waals surface area contributed by atoms with E-state index in [1.165, 1.54) is 12.1 Å². The highest BCUT2D eigenvalue weighted by atomic mass is 19.4. The van der Waals surface area contributed by atoms with E-state index in [1.54, 1.807) is 9.25 Å². The zero-order chi connectivity index (χ0) is 24.0. The van der Waals surface area contributed by atoms with E-state index in [0.29, 0.717) is 12.2 Å². The van der Waals surface area contributed by atoms with E-state index in [9.17, 15) is 18.0 Å². The van der Waals surface area contributed by atoms with Crippen molar-refractivity contribution in [2.45, 2.75) is 38.5 Å². The number of hydrogen-bond donors (Lipinski definition) is 0. The van der Waals surface area contributed by atoms with Gasteiger partial charge < -0.3 is 0 Å². The number of alkyl halides is 3. The first-order valence-corrected chi connectivity index (χ1v) is 11.3. The van der Waals surface area contributed by atoms with Crippen molar-refractivity contribution >= 4 is 11.0 Å². The predicted octanol–water partition coefficient (Wildman–Crippen LogP) is 4.69. The fourth-order valence-corrected chi connectivity index (χ4v) is 4.81. The van der Waals surface area contributed by atoms with Crippen LogP contribution in [0.3, 0.4) is 0 Å². The summed E-state index contributed by atoms with van der Waals surface area (Å²) in [5.41, 5.74) is 3.75. The van der Waals surface area contributed by atoms with Gasteiger partial charge in [-0.3, -0.25) is 14.0 Å². The summed E-state index contributed by atoms with van der Waals surface area (Å²) in [4.78, 5) is 15.2. The summed E-state index contributed by atoms with van der Waals surface area (Å²) in [5.74, 6) is 0. The lowest BCUT2D eigenvalue weighted by Gasteiger charge is -2.32. The van der Waals surface area contributed by atoms with E-state index in [2.05, 4.69) is 10.00 Å². The summed E-state index contributed by atoms with van der Waals surface area (Å²) in [6.45, 7) is 4.31. The molecule has 0 amide bonds. The first-order valence-electron chi connectivity index (χ1n) is 11.3. The van der Waals surface area contributed by atoms with Gasteiger partial charge in [-0.25, -0.2) is 9.48 Å². The average Bonchev–Trinajstić information content (AvgIpc) is 3.31. The predicted molar refractivity (Wildman–Crippen MR) is 124 cm³/mol. The van der Waals surface area contributed by atoms with Crippen molar-refractivity contribution in [3.8, 4) is 5.69 Å². The second-order valence-electron chi connectivity index (χ2n) is 8.96. The Hall–Kier alpha value is -3.33. The van der Waals surface area contributed by atoms with E-state index in [0.717, 1.165) is 60.4 Å². The normalized spacial score (nSPS) is 15.9. The van der Waals surface area contributed by atoms with Gasteiger partial charge in [0.1, 0.15) is 0 Å². The minimum atomic E-state index is -4.35. The third kappa shape index (κ3) is 4.04. The molecule has 0 bridgehead atoms. The van der Waals surface area contributed by atoms with Crippen LogP contribution in [0.15, 0.2) is 59.5 Å². The second-order valence-corrected chi connectivity index (χ2v) is 8.96. The van der Waals surface area contributed by atoms with Crippen molar-refractivity contribution < 1.29 is 13.2 Å². The molecule has 9 heteroatoms. The van der Waals surface area contributed by atoms with Crippen LogP contribution in [0.4, 0.5) is 13.2 Å². The second kappa shape index (κ2) is 8.47. The Kier molecular flexibility index (Phi) is 5.59. The molecule has 4 aromatic rings. The lowest BCUT2D eigenvalue weighted by molar-refractivity contribution is -0.137. The van der Waals surface area contributed by atoms with Gasteiger partial charge in [0, 0.05) is 38.9 Å². The van der Waals surface area contributed by atoms with Gasteiger partial charge in [-0.05, 0) is 61.7 Å². The number of aromatic nitrogens is 4. The third-order valence-electron chi connectivity index (χ3n) is 6.75. The SMILES string of the molecule is Cc1cn(-c2ccc(C(F)(F)F)cc2)nc1CN1CCC(n2c(=O)n(C)c3ccccc32)CC1. The van der Waals surface area contributed by atoms with Crippen molar-refractivity contribution in [1.82, 2.24) is 23.8 Å². The maximum Gasteiger partial charge on any atom is 0.416 e. The number of rotatable bonds is 4. The molecule has 1 fully saturated rings. The zero-order valence-corrected chi connectivity index (χ0v) is 19.1. The minimum Gasteiger partial charge on any atom is -0.297 e. The molecule has 0 unspecified atom stereocenters. The summed E-state index contributed by atoms with van der Waals surface area (Å²) >= 11 is 0. The van der Waals surface area contributed by atoms with Gasteiger partial charge >= 0.3 is 11.9 Å². The summed E-state index contributed by atoms with van der Waals surface area (Å²) in [5, 5.41) is 4.64. The smallest absolute Gasteiger partial charge is 0.297 e. The Morgan fingerprint density at radius 2 is 1.65 bits per heavy atom. The highest BCUT2D eigenvalue weighted by Gasteiger charge is 2.30. The van der Waals surface area contributed by atoms with E-state index >= 15 is 0 Å². The molecule has 1 saturated heterocycles. The van der Waals surface area contributed by atoms with Gasteiger partial charge in [0.15, 0.2) is 0 Å². The van der Waals surface area contributed by atoms with Crippen LogP contribution in [0.1, 0.15) is 35.7 Å². The van der Waals surface area contributed by atoms with Crippen molar-refractivity contribution in [3.05, 3.63) is 82.0 Å². The van der Waals surface area contributed by atoms with Gasteiger partial charge in [-0.1, -0.05) is 12.1 Å². The summed E-state index contributed by atoms with van der Waals surface area (Å²) < 4.78 is 43.8. The van der Waals surface area contributed by atoms with E-state index in [-0.39, 0.29) is 11.7 Å². The highest BCUT2D eigenvalue weighted by molar-refractivity contribution is 5.76. The number of fused-ring (bicyclic) bond motifs is 1. The van der Waals surface area contributed by atoms with E-state index in [1.807, 2.05) is 49.0 Å². The number of likely N-dealkylation sites (tertiary alicyclic amines) is 1. The first-order chi connectivity index (χ1) is 16.2. The number of halogens is 3. The Morgan fingerprint density at radius 1 is 1.00 bits per heavy atom. The number of piperidine rings is 1. The van der Waals surface area contributed by atoms with Crippen LogP contribution in [0.25, 0.3) is 16.7 Å². The van der Waals surface area contributed by atoms with E-state index < -0.39 is 11.7 Å². The number of para-hydroxylation sites is 2.